The molecule has 1 spiro atoms. The highest BCUT2D eigenvalue weighted by Gasteiger charge is 2.47. The van der Waals surface area contributed by atoms with Gasteiger partial charge < -0.3 is 19.1 Å². The van der Waals surface area contributed by atoms with E-state index in [-0.39, 0.29) is 12.0 Å². The van der Waals surface area contributed by atoms with E-state index in [1.165, 1.54) is 10.9 Å². The number of nitrogens with zero attached hydrogens (tertiary/aromatic N) is 3. The number of hydrogen-bond donors (Lipinski definition) is 0. The van der Waals surface area contributed by atoms with E-state index in [2.05, 4.69) is 22.9 Å². The van der Waals surface area contributed by atoms with Crippen molar-refractivity contribution in [2.24, 2.45) is 7.05 Å². The molecule has 26 heavy (non-hydrogen) atoms. The molecule has 138 valence electrons. The van der Waals surface area contributed by atoms with Gasteiger partial charge in [0.1, 0.15) is 5.60 Å². The summed E-state index contributed by atoms with van der Waals surface area (Å²) in [4.78, 5) is 29.1. The SMILES string of the molecule is CN1CC2(CCCN(C(=O)CSc3cn(C)c4ccccc34)C2)OC1=O. The molecule has 0 radical (unpaired) electrons. The Morgan fingerprint density at radius 2 is 2.08 bits per heavy atom. The number of benzene rings is 1. The fourth-order valence-corrected chi connectivity index (χ4v) is 4.99. The third-order valence-electron chi connectivity index (χ3n) is 5.24. The molecule has 6 nitrogen and oxygen atoms in total. The second-order valence-corrected chi connectivity index (χ2v) is 8.25. The van der Waals surface area contributed by atoms with Crippen molar-refractivity contribution in [2.45, 2.75) is 23.3 Å². The van der Waals surface area contributed by atoms with Crippen LogP contribution in [0.5, 0.6) is 0 Å². The van der Waals surface area contributed by atoms with Crippen molar-refractivity contribution in [3.63, 3.8) is 0 Å². The van der Waals surface area contributed by atoms with Crippen LogP contribution in [0.25, 0.3) is 10.9 Å². The maximum absolute atomic E-state index is 12.8. The van der Waals surface area contributed by atoms with Crippen LogP contribution in [0.4, 0.5) is 4.79 Å². The average molecular weight is 373 g/mol. The predicted molar refractivity (Wildman–Crippen MR) is 101 cm³/mol. The van der Waals surface area contributed by atoms with Crippen LogP contribution in [-0.2, 0) is 16.6 Å². The number of thioether (sulfide) groups is 1. The number of fused-ring (bicyclic) bond motifs is 1. The highest BCUT2D eigenvalue weighted by Crippen LogP contribution is 2.33. The van der Waals surface area contributed by atoms with E-state index >= 15 is 0 Å². The summed E-state index contributed by atoms with van der Waals surface area (Å²) < 4.78 is 7.68. The van der Waals surface area contributed by atoms with Crippen molar-refractivity contribution < 1.29 is 14.3 Å². The van der Waals surface area contributed by atoms with Crippen LogP contribution in [0.1, 0.15) is 12.8 Å². The number of ether oxygens (including phenoxy) is 1. The predicted octanol–water partition coefficient (Wildman–Crippen LogP) is 2.71. The molecule has 2 aliphatic heterocycles. The molecule has 1 aromatic carbocycles. The number of aromatic nitrogens is 1. The van der Waals surface area contributed by atoms with Crippen LogP contribution < -0.4 is 0 Å². The van der Waals surface area contributed by atoms with E-state index in [1.807, 2.05) is 24.1 Å². The quantitative estimate of drug-likeness (QED) is 0.777. The molecule has 0 saturated carbocycles. The molecule has 0 bridgehead atoms. The lowest BCUT2D eigenvalue weighted by atomic mass is 9.93. The molecule has 1 unspecified atom stereocenters. The van der Waals surface area contributed by atoms with Crippen molar-refractivity contribution in [1.82, 2.24) is 14.4 Å². The smallest absolute Gasteiger partial charge is 0.410 e. The third kappa shape index (κ3) is 3.05. The molecule has 2 fully saturated rings. The molecule has 2 saturated heterocycles. The minimum Gasteiger partial charge on any atom is -0.439 e. The van der Waals surface area contributed by atoms with Gasteiger partial charge in [-0.15, -0.1) is 11.8 Å². The highest BCUT2D eigenvalue weighted by molar-refractivity contribution is 8.00. The minimum absolute atomic E-state index is 0.104. The summed E-state index contributed by atoms with van der Waals surface area (Å²) in [7, 11) is 3.77. The minimum atomic E-state index is -0.524. The fourth-order valence-electron chi connectivity index (χ4n) is 3.97. The first-order chi connectivity index (χ1) is 12.5. The number of likely N-dealkylation sites (N-methyl/N-ethyl adjacent to an activating group) is 1. The molecule has 1 atom stereocenters. The van der Waals surface area contributed by atoms with Crippen LogP contribution in [0.3, 0.4) is 0 Å². The Hall–Kier alpha value is -2.15. The fraction of sp³-hybridized carbons (Fsp3) is 0.474. The van der Waals surface area contributed by atoms with Gasteiger partial charge in [-0.2, -0.15) is 0 Å². The molecule has 0 N–H and O–H groups in total. The molecule has 7 heteroatoms. The number of carbonyl (C=O) groups is 2. The number of aryl methyl sites for hydroxylation is 1. The summed E-state index contributed by atoms with van der Waals surface area (Å²) in [5.41, 5.74) is 0.643. The Bertz CT molecular complexity index is 865. The van der Waals surface area contributed by atoms with Gasteiger partial charge in [0.25, 0.3) is 0 Å². The van der Waals surface area contributed by atoms with Crippen molar-refractivity contribution in [1.29, 1.82) is 0 Å². The molecular weight excluding hydrogens is 350 g/mol. The lowest BCUT2D eigenvalue weighted by Gasteiger charge is -2.38. The lowest BCUT2D eigenvalue weighted by Crippen LogP contribution is -2.52. The number of piperidine rings is 1. The first-order valence-electron chi connectivity index (χ1n) is 8.86. The molecular formula is C19H23N3O3S. The van der Waals surface area contributed by atoms with E-state index in [1.54, 1.807) is 23.7 Å². The number of likely N-dealkylation sites (tertiary alicyclic amines) is 1. The summed E-state index contributed by atoms with van der Waals surface area (Å²) in [5.74, 6) is 0.501. The number of amides is 2. The Labute approximate surface area is 157 Å². The first kappa shape index (κ1) is 17.3. The largest absolute Gasteiger partial charge is 0.439 e. The highest BCUT2D eigenvalue weighted by atomic mass is 32.2. The maximum atomic E-state index is 12.8. The summed E-state index contributed by atoms with van der Waals surface area (Å²) >= 11 is 1.57. The molecule has 0 aliphatic carbocycles. The van der Waals surface area contributed by atoms with Crippen LogP contribution in [0.15, 0.2) is 35.4 Å². The molecule has 3 heterocycles. The first-order valence-corrected chi connectivity index (χ1v) is 9.85. The molecule has 4 rings (SSSR count). The topological polar surface area (TPSA) is 54.8 Å². The summed E-state index contributed by atoms with van der Waals surface area (Å²) in [6.45, 7) is 1.79. The van der Waals surface area contributed by atoms with Gasteiger partial charge in [-0.25, -0.2) is 4.79 Å². The summed E-state index contributed by atoms with van der Waals surface area (Å²) in [6, 6.07) is 8.22. The van der Waals surface area contributed by atoms with Gasteiger partial charge in [-0.05, 0) is 18.9 Å². The third-order valence-corrected chi connectivity index (χ3v) is 6.27. The van der Waals surface area contributed by atoms with E-state index in [0.717, 1.165) is 24.3 Å². The average Bonchev–Trinajstić information content (AvgIpc) is 3.09. The van der Waals surface area contributed by atoms with Gasteiger partial charge in [-0.3, -0.25) is 4.79 Å². The monoisotopic (exact) mass is 373 g/mol. The van der Waals surface area contributed by atoms with Crippen molar-refractivity contribution in [3.05, 3.63) is 30.5 Å². The lowest BCUT2D eigenvalue weighted by molar-refractivity contribution is -0.133. The second-order valence-electron chi connectivity index (χ2n) is 7.24. The summed E-state index contributed by atoms with van der Waals surface area (Å²) in [6.07, 6.45) is 3.48. The van der Waals surface area contributed by atoms with Gasteiger partial charge in [-0.1, -0.05) is 18.2 Å². The van der Waals surface area contributed by atoms with Crippen LogP contribution in [0, 0.1) is 0 Å². The number of hydrogen-bond acceptors (Lipinski definition) is 4. The van der Waals surface area contributed by atoms with Gasteiger partial charge in [0, 0.05) is 42.6 Å². The number of para-hydroxylation sites is 1. The Morgan fingerprint density at radius 1 is 1.27 bits per heavy atom. The van der Waals surface area contributed by atoms with Gasteiger partial charge in [0.05, 0.1) is 18.8 Å². The standard InChI is InChI=1S/C19H23N3O3S/c1-20-10-16(14-6-3-4-7-15(14)20)26-11-17(23)22-9-5-8-19(13-22)12-21(2)18(24)25-19/h3-4,6-7,10H,5,8-9,11-13H2,1-2H3. The van der Waals surface area contributed by atoms with Gasteiger partial charge in [0.2, 0.25) is 5.91 Å². The number of carbonyl (C=O) groups excluding carboxylic acids is 2. The van der Waals surface area contributed by atoms with Gasteiger partial charge >= 0.3 is 6.09 Å². The zero-order valence-corrected chi connectivity index (χ0v) is 15.9. The Balaban J connectivity index is 1.42. The Morgan fingerprint density at radius 3 is 2.85 bits per heavy atom. The molecule has 2 amide bonds. The van der Waals surface area contributed by atoms with Crippen LogP contribution >= 0.6 is 11.8 Å². The normalized spacial score (nSPS) is 23.1. The van der Waals surface area contributed by atoms with E-state index < -0.39 is 5.60 Å². The van der Waals surface area contributed by atoms with E-state index in [9.17, 15) is 9.59 Å². The molecule has 2 aromatic rings. The number of rotatable bonds is 3. The zero-order chi connectivity index (χ0) is 18.3. The second kappa shape index (κ2) is 6.54. The van der Waals surface area contributed by atoms with Crippen molar-refractivity contribution in [2.75, 3.05) is 32.4 Å². The van der Waals surface area contributed by atoms with Crippen molar-refractivity contribution in [3.8, 4) is 0 Å². The molecule has 2 aliphatic rings. The van der Waals surface area contributed by atoms with Gasteiger partial charge in [0.15, 0.2) is 0 Å². The van der Waals surface area contributed by atoms with E-state index in [0.29, 0.717) is 18.8 Å². The molecule has 1 aromatic heterocycles. The van der Waals surface area contributed by atoms with Crippen molar-refractivity contribution >= 4 is 34.7 Å². The Kier molecular flexibility index (Phi) is 4.34. The zero-order valence-electron chi connectivity index (χ0n) is 15.1. The maximum Gasteiger partial charge on any atom is 0.410 e. The summed E-state index contributed by atoms with van der Waals surface area (Å²) in [5, 5.41) is 1.18. The van der Waals surface area contributed by atoms with E-state index in [4.69, 9.17) is 4.74 Å². The van der Waals surface area contributed by atoms with Crippen LogP contribution in [0.2, 0.25) is 0 Å². The van der Waals surface area contributed by atoms with Crippen LogP contribution in [-0.4, -0.2) is 64.4 Å².